The lowest BCUT2D eigenvalue weighted by atomic mass is 10.3. The average Bonchev–Trinajstić information content (AvgIpc) is 3.19. The van der Waals surface area contributed by atoms with Crippen LogP contribution in [0.4, 0.5) is 5.13 Å². The molecule has 0 atom stereocenters. The van der Waals surface area contributed by atoms with Crippen LogP contribution in [0.5, 0.6) is 11.5 Å². The Morgan fingerprint density at radius 2 is 1.79 bits per heavy atom. The van der Waals surface area contributed by atoms with Crippen molar-refractivity contribution in [2.45, 2.75) is 6.92 Å². The van der Waals surface area contributed by atoms with Crippen molar-refractivity contribution in [1.29, 1.82) is 0 Å². The van der Waals surface area contributed by atoms with Gasteiger partial charge in [0, 0.05) is 12.1 Å². The Hall–Kier alpha value is -2.45. The van der Waals surface area contributed by atoms with Gasteiger partial charge in [0.1, 0.15) is 13.2 Å². The zero-order valence-corrected chi connectivity index (χ0v) is 14.3. The number of Topliss-reactive ketones (excluding diaryl/α,β-unsaturated/α-hetero) is 1. The number of ketones is 1. The molecule has 0 fully saturated rings. The van der Waals surface area contributed by atoms with Crippen LogP contribution in [0, 0.1) is 0 Å². The highest BCUT2D eigenvalue weighted by Gasteiger charge is 2.17. The number of carbonyl (C=O) groups excluding carboxylic acids is 2. The quantitative estimate of drug-likeness (QED) is 0.722. The first-order valence-electron chi connectivity index (χ1n) is 7.22. The normalized spacial score (nSPS) is 13.0. The molecular weight excluding hydrogens is 348 g/mol. The lowest BCUT2D eigenvalue weighted by molar-refractivity contribution is 0.101. The maximum Gasteiger partial charge on any atom is 0.267 e. The highest BCUT2D eigenvalue weighted by Crippen LogP contribution is 2.38. The van der Waals surface area contributed by atoms with Crippen LogP contribution in [0.15, 0.2) is 24.3 Å². The largest absolute Gasteiger partial charge is 0.486 e. The molecule has 0 unspecified atom stereocenters. The molecule has 1 aliphatic heterocycles. The molecule has 1 amide bonds. The fourth-order valence-electron chi connectivity index (χ4n) is 2.33. The molecule has 0 bridgehead atoms. The summed E-state index contributed by atoms with van der Waals surface area (Å²) in [6, 6.07) is 6.98. The van der Waals surface area contributed by atoms with Gasteiger partial charge in [-0.3, -0.25) is 14.9 Å². The van der Waals surface area contributed by atoms with Gasteiger partial charge in [0.05, 0.1) is 20.0 Å². The maximum atomic E-state index is 12.3. The zero-order valence-electron chi connectivity index (χ0n) is 12.6. The number of thiophene rings is 1. The van der Waals surface area contributed by atoms with E-state index in [1.165, 1.54) is 29.6 Å². The number of hydrogen-bond acceptors (Lipinski definition) is 7. The number of fused-ring (bicyclic) bond motifs is 2. The molecule has 4 rings (SSSR count). The van der Waals surface area contributed by atoms with Crippen LogP contribution in [0.3, 0.4) is 0 Å². The Bertz CT molecular complexity index is 917. The van der Waals surface area contributed by atoms with Crippen LogP contribution in [-0.4, -0.2) is 29.9 Å². The molecule has 24 heavy (non-hydrogen) atoms. The van der Waals surface area contributed by atoms with E-state index in [1.807, 2.05) is 12.1 Å². The third-order valence-electron chi connectivity index (χ3n) is 3.45. The molecule has 0 saturated heterocycles. The van der Waals surface area contributed by atoms with E-state index in [0.717, 1.165) is 10.2 Å². The monoisotopic (exact) mass is 360 g/mol. The summed E-state index contributed by atoms with van der Waals surface area (Å²) in [4.78, 5) is 29.1. The number of nitrogens with zero attached hydrogens (tertiary/aromatic N) is 1. The highest BCUT2D eigenvalue weighted by molar-refractivity contribution is 7.22. The highest BCUT2D eigenvalue weighted by atomic mass is 32.1. The lowest BCUT2D eigenvalue weighted by Gasteiger charge is -2.17. The van der Waals surface area contributed by atoms with Gasteiger partial charge in [0.25, 0.3) is 5.91 Å². The minimum atomic E-state index is -0.274. The lowest BCUT2D eigenvalue weighted by Crippen LogP contribution is -2.15. The molecule has 3 heterocycles. The van der Waals surface area contributed by atoms with Gasteiger partial charge in [-0.2, -0.15) is 0 Å². The summed E-state index contributed by atoms with van der Waals surface area (Å²) in [7, 11) is 0. The van der Waals surface area contributed by atoms with E-state index in [4.69, 9.17) is 9.47 Å². The second kappa shape index (κ2) is 5.88. The predicted molar refractivity (Wildman–Crippen MR) is 92.9 cm³/mol. The Morgan fingerprint density at radius 3 is 2.50 bits per heavy atom. The number of nitrogens with one attached hydrogen (secondary N) is 1. The number of anilines is 1. The second-order valence-electron chi connectivity index (χ2n) is 5.16. The number of aromatic nitrogens is 1. The molecule has 8 heteroatoms. The Balaban J connectivity index is 1.59. The van der Waals surface area contributed by atoms with Gasteiger partial charge in [-0.25, -0.2) is 4.98 Å². The van der Waals surface area contributed by atoms with Crippen molar-refractivity contribution in [3.63, 3.8) is 0 Å². The van der Waals surface area contributed by atoms with Crippen LogP contribution in [-0.2, 0) is 0 Å². The van der Waals surface area contributed by atoms with E-state index in [0.29, 0.717) is 39.6 Å². The average molecular weight is 360 g/mol. The Labute approximate surface area is 145 Å². The van der Waals surface area contributed by atoms with Crippen molar-refractivity contribution in [2.24, 2.45) is 0 Å². The first-order chi connectivity index (χ1) is 11.6. The summed E-state index contributed by atoms with van der Waals surface area (Å²) in [5.41, 5.74) is 0.746. The number of carbonyl (C=O) groups is 2. The van der Waals surface area contributed by atoms with Crippen molar-refractivity contribution in [3.05, 3.63) is 34.0 Å². The van der Waals surface area contributed by atoms with E-state index >= 15 is 0 Å². The van der Waals surface area contributed by atoms with Crippen LogP contribution in [0.25, 0.3) is 10.2 Å². The van der Waals surface area contributed by atoms with E-state index in [1.54, 1.807) is 12.1 Å². The van der Waals surface area contributed by atoms with Gasteiger partial charge in [0.2, 0.25) is 0 Å². The number of amides is 1. The van der Waals surface area contributed by atoms with Crippen molar-refractivity contribution in [2.75, 3.05) is 18.5 Å². The van der Waals surface area contributed by atoms with E-state index in [2.05, 4.69) is 10.3 Å². The van der Waals surface area contributed by atoms with E-state index in [9.17, 15) is 9.59 Å². The van der Waals surface area contributed by atoms with Gasteiger partial charge >= 0.3 is 0 Å². The molecule has 2 aromatic heterocycles. The van der Waals surface area contributed by atoms with Gasteiger partial charge in [-0.1, -0.05) is 11.3 Å². The third-order valence-corrected chi connectivity index (χ3v) is 5.57. The molecule has 0 radical (unpaired) electrons. The number of hydrogen-bond donors (Lipinski definition) is 1. The molecule has 6 nitrogen and oxygen atoms in total. The van der Waals surface area contributed by atoms with Crippen molar-refractivity contribution < 1.29 is 19.1 Å². The standard InChI is InChI=1S/C16H12N2O4S2/c1-8(19)12-2-3-13(23-12)15(20)18-16-17-9-6-10-11(7-14(9)24-16)22-5-4-21-10/h2-3,6-7H,4-5H2,1H3,(H,17,18,20). The number of rotatable bonds is 3. The summed E-state index contributed by atoms with van der Waals surface area (Å²) in [6.07, 6.45) is 0. The number of ether oxygens (including phenoxy) is 2. The summed E-state index contributed by atoms with van der Waals surface area (Å²) in [5, 5.41) is 3.27. The van der Waals surface area contributed by atoms with Crippen molar-refractivity contribution >= 4 is 49.7 Å². The molecule has 122 valence electrons. The minimum Gasteiger partial charge on any atom is -0.486 e. The fraction of sp³-hybridized carbons (Fsp3) is 0.188. The molecule has 1 aromatic carbocycles. The van der Waals surface area contributed by atoms with Gasteiger partial charge in [-0.05, 0) is 19.1 Å². The summed E-state index contributed by atoms with van der Waals surface area (Å²) < 4.78 is 12.0. The molecule has 0 saturated carbocycles. The van der Waals surface area contributed by atoms with Crippen LogP contribution in [0.1, 0.15) is 26.3 Å². The second-order valence-corrected chi connectivity index (χ2v) is 7.27. The van der Waals surface area contributed by atoms with Crippen LogP contribution >= 0.6 is 22.7 Å². The molecule has 0 spiro atoms. The summed E-state index contributed by atoms with van der Waals surface area (Å²) >= 11 is 2.54. The molecule has 0 aliphatic carbocycles. The van der Waals surface area contributed by atoms with E-state index in [-0.39, 0.29) is 11.7 Å². The van der Waals surface area contributed by atoms with Gasteiger partial charge < -0.3 is 9.47 Å². The van der Waals surface area contributed by atoms with Crippen LogP contribution < -0.4 is 14.8 Å². The third kappa shape index (κ3) is 2.74. The SMILES string of the molecule is CC(=O)c1ccc(C(=O)Nc2nc3cc4c(cc3s2)OCCO4)s1. The van der Waals surface area contributed by atoms with Gasteiger partial charge in [-0.15, -0.1) is 11.3 Å². The Morgan fingerprint density at radius 1 is 1.08 bits per heavy atom. The molecule has 1 aliphatic rings. The van der Waals surface area contributed by atoms with Crippen molar-refractivity contribution in [1.82, 2.24) is 4.98 Å². The molecule has 1 N–H and O–H groups in total. The summed E-state index contributed by atoms with van der Waals surface area (Å²) in [5.74, 6) is 1.04. The molecular formula is C16H12N2O4S2. The Kier molecular flexibility index (Phi) is 3.70. The smallest absolute Gasteiger partial charge is 0.267 e. The topological polar surface area (TPSA) is 77.5 Å². The first-order valence-corrected chi connectivity index (χ1v) is 8.86. The molecule has 3 aromatic rings. The predicted octanol–water partition coefficient (Wildman–Crippen LogP) is 3.58. The number of benzene rings is 1. The zero-order chi connectivity index (χ0) is 16.7. The summed E-state index contributed by atoms with van der Waals surface area (Å²) in [6.45, 7) is 2.52. The fourth-order valence-corrected chi connectivity index (χ4v) is 3.99. The van der Waals surface area contributed by atoms with Crippen LogP contribution in [0.2, 0.25) is 0 Å². The first kappa shape index (κ1) is 15.1. The van der Waals surface area contributed by atoms with E-state index < -0.39 is 0 Å². The van der Waals surface area contributed by atoms with Gasteiger partial charge in [0.15, 0.2) is 22.4 Å². The minimum absolute atomic E-state index is 0.0513. The van der Waals surface area contributed by atoms with Crippen molar-refractivity contribution in [3.8, 4) is 11.5 Å². The number of thiazole rings is 1. The maximum absolute atomic E-state index is 12.3.